The Balaban J connectivity index is 0.000000365. The number of esters is 2. The van der Waals surface area contributed by atoms with E-state index in [1.807, 2.05) is 0 Å². The first-order chi connectivity index (χ1) is 47.4. The summed E-state index contributed by atoms with van der Waals surface area (Å²) in [5.74, 6) is -5.84. The molecule has 0 spiro atoms. The summed E-state index contributed by atoms with van der Waals surface area (Å²) >= 11 is 0. The van der Waals surface area contributed by atoms with Gasteiger partial charge in [-0.25, -0.2) is 31.9 Å². The second-order valence-corrected chi connectivity index (χ2v) is 33.6. The zero-order valence-corrected chi connectivity index (χ0v) is 64.3. The van der Waals surface area contributed by atoms with Gasteiger partial charge in [0.05, 0.1) is 18.2 Å². The van der Waals surface area contributed by atoms with Crippen LogP contribution in [0.5, 0.6) is 0 Å². The molecule has 2 fully saturated rings. The van der Waals surface area contributed by atoms with Gasteiger partial charge in [0.1, 0.15) is 57.8 Å². The number of benzene rings is 4. The van der Waals surface area contributed by atoms with Crippen molar-refractivity contribution in [1.29, 1.82) is 0 Å². The van der Waals surface area contributed by atoms with Crippen molar-refractivity contribution in [3.63, 3.8) is 0 Å². The number of aliphatic hydroxyl groups excluding tert-OH is 2. The van der Waals surface area contributed by atoms with Crippen molar-refractivity contribution in [1.82, 2.24) is 26.6 Å². The van der Waals surface area contributed by atoms with E-state index in [9.17, 15) is 56.5 Å². The zero-order chi connectivity index (χ0) is 77.7. The fraction of sp³-hybridized carbons (Fsp3) is 0.625. The Bertz CT molecular complexity index is 3370. The number of rotatable bonds is 25. The Morgan fingerprint density at radius 3 is 1.17 bits per heavy atom. The number of aliphatic hydroxyl groups is 2. The number of nitrogens with one attached hydrogen (secondary N) is 5. The van der Waals surface area contributed by atoms with Crippen molar-refractivity contribution in [3.8, 4) is 0 Å². The third-order valence-corrected chi connectivity index (χ3v) is 17.4. The van der Waals surface area contributed by atoms with Gasteiger partial charge in [-0.1, -0.05) is 129 Å². The number of amides is 3. The van der Waals surface area contributed by atoms with Crippen molar-refractivity contribution in [3.05, 3.63) is 142 Å². The number of carboxylic acids is 1. The Morgan fingerprint density at radius 1 is 0.466 bits per heavy atom. The lowest BCUT2D eigenvalue weighted by Crippen LogP contribution is -2.57. The molecule has 10 N–H and O–H groups in total. The number of ether oxygens (including phenoxy) is 4. The normalized spacial score (nSPS) is 16.6. The van der Waals surface area contributed by atoms with Crippen LogP contribution in [0.3, 0.4) is 0 Å². The lowest BCUT2D eigenvalue weighted by atomic mass is 9.74. The quantitative estimate of drug-likeness (QED) is 0.0169. The highest BCUT2D eigenvalue weighted by Gasteiger charge is 2.39. The van der Waals surface area contributed by atoms with Crippen molar-refractivity contribution >= 4 is 36.0 Å². The lowest BCUT2D eigenvalue weighted by molar-refractivity contribution is -0.156. The minimum absolute atomic E-state index is 0.0601. The van der Waals surface area contributed by atoms with Gasteiger partial charge in [-0.3, -0.25) is 14.4 Å². The molecule has 0 radical (unpaired) electrons. The molecule has 0 aliphatic heterocycles. The highest BCUT2D eigenvalue weighted by atomic mass is 19.1. The van der Waals surface area contributed by atoms with Crippen molar-refractivity contribution in [2.75, 3.05) is 13.1 Å². The Hall–Kier alpha value is -7.18. The summed E-state index contributed by atoms with van der Waals surface area (Å²) in [7, 11) is 0. The smallest absolute Gasteiger partial charge is 0.408 e. The number of aliphatic carboxylic acids is 1. The molecule has 0 saturated heterocycles. The number of halogens is 4. The van der Waals surface area contributed by atoms with Crippen LogP contribution in [0.2, 0.25) is 0 Å². The summed E-state index contributed by atoms with van der Waals surface area (Å²) in [6, 6.07) is 19.6. The second kappa shape index (κ2) is 38.2. The molecule has 6 atom stereocenters. The van der Waals surface area contributed by atoms with Gasteiger partial charge in [0.15, 0.2) is 0 Å². The topological polar surface area (TPSA) is 286 Å². The van der Waals surface area contributed by atoms with Gasteiger partial charge in [-0.05, 0) is 203 Å². The molecular weight excluding hydrogens is 1330 g/mol. The number of alkyl carbamates (subject to hydrolysis) is 2. The van der Waals surface area contributed by atoms with Gasteiger partial charge in [-0.15, -0.1) is 0 Å². The van der Waals surface area contributed by atoms with E-state index in [2.05, 4.69) is 117 Å². The van der Waals surface area contributed by atoms with Crippen LogP contribution in [0, 0.1) is 23.3 Å². The standard InChI is InChI=1S/C40H59F2N3O6.C26H36F2N2O.C14H25NO6/c1-37(2,3)27-14-13-15-28(23-27)40(18-11-10-12-19-40)43-25-33(46)32(22-26-20-29(41)24-30(42)21-26)44-35(48)31(45-36(49)51-39(7,8)9)16-17-34(47)50-38(4,5)6;1-25(2,3)19-8-7-9-20(15-19)26(10-5-4-6-11-26)30-17-24(31)23(29)14-18-12-21(27)16-22(28)13-18;1-13(2,3)20-10(16)8-7-9(11(17)18)15-12(19)21-14(4,5)6/h13-15,20-21,23-24,31-33,43,46H,10-12,16-19,22,25H2,1-9H3,(H,44,48)(H,45,49);7-9,12-13,15-16,23-24,30-31H,4-6,10-11,14,17,29H2,1-3H3;9H,7-8H2,1-6H3,(H,15,19)(H,17,18)/t31?,32-,33+;23-,24+;/m00./s1. The molecule has 6 rings (SSSR count). The van der Waals surface area contributed by atoms with Crippen LogP contribution in [0.4, 0.5) is 27.2 Å². The fourth-order valence-electron chi connectivity index (χ4n) is 12.3. The lowest BCUT2D eigenvalue weighted by Gasteiger charge is -2.41. The highest BCUT2D eigenvalue weighted by molar-refractivity contribution is 5.86. The van der Waals surface area contributed by atoms with Crippen molar-refractivity contribution in [2.45, 2.75) is 308 Å². The number of carboxylic acid groups (broad SMARTS) is 1. The molecule has 4 aromatic carbocycles. The maximum atomic E-state index is 14.3. The van der Waals surface area contributed by atoms with Gasteiger partial charge >= 0.3 is 30.1 Å². The Kier molecular flexibility index (Phi) is 32.7. The van der Waals surface area contributed by atoms with Crippen LogP contribution in [0.25, 0.3) is 0 Å². The summed E-state index contributed by atoms with van der Waals surface area (Å²) < 4.78 is 76.3. The molecule has 4 aromatic rings. The van der Waals surface area contributed by atoms with Gasteiger partial charge in [0.2, 0.25) is 5.91 Å². The molecule has 2 saturated carbocycles. The molecule has 0 bridgehead atoms. The SMILES string of the molecule is CC(C)(C)OC(=O)CCC(NC(=O)OC(C)(C)C)C(=O)N[C@@H](Cc1cc(F)cc(F)c1)[C@H](O)CNC1(c2cccc(C(C)(C)C)c2)CCCCC1.CC(C)(C)OC(=O)CCC(NC(=O)OC(C)(C)C)C(=O)O.CC(C)(C)c1cccc(C2(NC[C@@H](O)[C@@H](N)Cc3cc(F)cc(F)c3)CCCCC2)c1. The monoisotopic (exact) mass is 1450 g/mol. The fourth-order valence-corrected chi connectivity index (χ4v) is 12.3. The maximum Gasteiger partial charge on any atom is 0.408 e. The molecule has 3 amide bonds. The molecule has 2 aliphatic carbocycles. The zero-order valence-electron chi connectivity index (χ0n) is 64.3. The summed E-state index contributed by atoms with van der Waals surface area (Å²) in [6.45, 7) is 33.9. The number of nitrogens with two attached hydrogens (primary N) is 1. The number of hydrogen-bond acceptors (Lipinski definition) is 15. The average molecular weight is 1450 g/mol. The molecule has 2 unspecified atom stereocenters. The molecule has 0 aromatic heterocycles. The average Bonchev–Trinajstić information content (AvgIpc) is 0.797. The van der Waals surface area contributed by atoms with E-state index in [4.69, 9.17) is 29.8 Å². The van der Waals surface area contributed by atoms with Gasteiger partial charge in [-0.2, -0.15) is 0 Å². The molecule has 103 heavy (non-hydrogen) atoms. The van der Waals surface area contributed by atoms with Gasteiger partial charge in [0.25, 0.3) is 0 Å². The van der Waals surface area contributed by atoms with E-state index >= 15 is 0 Å². The number of carbonyl (C=O) groups excluding carboxylic acids is 5. The van der Waals surface area contributed by atoms with Crippen LogP contribution >= 0.6 is 0 Å². The van der Waals surface area contributed by atoms with E-state index in [1.54, 1.807) is 83.1 Å². The summed E-state index contributed by atoms with van der Waals surface area (Å²) in [6.07, 6.45) is 6.21. The third kappa shape index (κ3) is 32.4. The Labute approximate surface area is 609 Å². The third-order valence-electron chi connectivity index (χ3n) is 17.4. The van der Waals surface area contributed by atoms with Gasteiger partial charge in [0, 0.05) is 55.2 Å². The molecule has 19 nitrogen and oxygen atoms in total. The first-order valence-corrected chi connectivity index (χ1v) is 36.1. The molecular formula is C80H120F4N6O13. The van der Waals surface area contributed by atoms with E-state index < -0.39 is 124 Å². The van der Waals surface area contributed by atoms with E-state index in [0.717, 1.165) is 87.6 Å². The molecule has 576 valence electrons. The van der Waals surface area contributed by atoms with Gasteiger partial charge < -0.3 is 66.6 Å². The first-order valence-electron chi connectivity index (χ1n) is 36.1. The first kappa shape index (κ1) is 88.2. The van der Waals surface area contributed by atoms with Crippen LogP contribution < -0.4 is 32.3 Å². The van der Waals surface area contributed by atoms with Crippen molar-refractivity contribution in [2.24, 2.45) is 5.73 Å². The van der Waals surface area contributed by atoms with Crippen LogP contribution in [0.15, 0.2) is 84.9 Å². The number of hydrogen-bond donors (Lipinski definition) is 9. The summed E-state index contributed by atoms with van der Waals surface area (Å²) in [5.41, 5.74) is 8.17. The van der Waals surface area contributed by atoms with Crippen molar-refractivity contribution < 1.29 is 80.6 Å². The van der Waals surface area contributed by atoms with E-state index in [1.165, 1.54) is 35.2 Å². The van der Waals surface area contributed by atoms with E-state index in [-0.39, 0.29) is 67.0 Å². The van der Waals surface area contributed by atoms with Crippen LogP contribution in [-0.4, -0.2) is 123 Å². The summed E-state index contributed by atoms with van der Waals surface area (Å²) in [5, 5.41) is 46.4. The molecule has 0 heterocycles. The summed E-state index contributed by atoms with van der Waals surface area (Å²) in [4.78, 5) is 73.4. The minimum atomic E-state index is -1.25. The molecule has 2 aliphatic rings. The largest absolute Gasteiger partial charge is 0.480 e. The molecule has 23 heteroatoms. The minimum Gasteiger partial charge on any atom is -0.480 e. The predicted molar refractivity (Wildman–Crippen MR) is 392 cm³/mol. The van der Waals surface area contributed by atoms with Crippen LogP contribution in [-0.2, 0) is 72.9 Å². The number of carbonyl (C=O) groups is 6. The maximum absolute atomic E-state index is 14.3. The second-order valence-electron chi connectivity index (χ2n) is 33.6. The van der Waals surface area contributed by atoms with Crippen LogP contribution in [0.1, 0.15) is 248 Å². The van der Waals surface area contributed by atoms with E-state index in [0.29, 0.717) is 12.1 Å². The Morgan fingerprint density at radius 2 is 0.816 bits per heavy atom. The predicted octanol–water partition coefficient (Wildman–Crippen LogP) is 14.1. The highest BCUT2D eigenvalue weighted by Crippen LogP contribution is 2.41.